The monoisotopic (exact) mass is 216 g/mol. The van der Waals surface area contributed by atoms with Crippen LogP contribution in [-0.2, 0) is 6.42 Å². The standard InChI is InChI=1S/C14H20N2/c1-14(10-15,12-6-7-12)16-9-8-11-4-2-3-5-13(11)16/h2-5,12H,6-10,15H2,1H3. The molecule has 1 unspecified atom stereocenters. The Morgan fingerprint density at radius 3 is 2.81 bits per heavy atom. The first-order chi connectivity index (χ1) is 7.75. The second-order valence-electron chi connectivity index (χ2n) is 5.37. The van der Waals surface area contributed by atoms with Gasteiger partial charge in [-0.05, 0) is 43.7 Å². The minimum Gasteiger partial charge on any atom is -0.364 e. The fourth-order valence-electron chi connectivity index (χ4n) is 3.07. The van der Waals surface area contributed by atoms with Crippen molar-refractivity contribution in [2.24, 2.45) is 11.7 Å². The van der Waals surface area contributed by atoms with Crippen molar-refractivity contribution in [1.29, 1.82) is 0 Å². The summed E-state index contributed by atoms with van der Waals surface area (Å²) in [4.78, 5) is 2.56. The molecule has 1 aliphatic heterocycles. The minimum absolute atomic E-state index is 0.187. The van der Waals surface area contributed by atoms with Gasteiger partial charge in [0.1, 0.15) is 0 Å². The Kier molecular flexibility index (Phi) is 2.21. The Morgan fingerprint density at radius 1 is 1.38 bits per heavy atom. The topological polar surface area (TPSA) is 29.3 Å². The third kappa shape index (κ3) is 1.36. The van der Waals surface area contributed by atoms with E-state index in [4.69, 9.17) is 5.73 Å². The van der Waals surface area contributed by atoms with Crippen LogP contribution in [0.25, 0.3) is 0 Å². The molecule has 0 spiro atoms. The molecule has 16 heavy (non-hydrogen) atoms. The predicted molar refractivity (Wildman–Crippen MR) is 67.7 cm³/mol. The van der Waals surface area contributed by atoms with E-state index < -0.39 is 0 Å². The van der Waals surface area contributed by atoms with E-state index in [-0.39, 0.29) is 5.54 Å². The molecule has 2 N–H and O–H groups in total. The molecule has 1 aromatic carbocycles. The van der Waals surface area contributed by atoms with E-state index in [1.807, 2.05) is 0 Å². The van der Waals surface area contributed by atoms with Gasteiger partial charge in [0.25, 0.3) is 0 Å². The first-order valence-electron chi connectivity index (χ1n) is 6.31. The summed E-state index contributed by atoms with van der Waals surface area (Å²) in [6, 6.07) is 8.78. The highest BCUT2D eigenvalue weighted by Gasteiger charge is 2.46. The summed E-state index contributed by atoms with van der Waals surface area (Å²) < 4.78 is 0. The quantitative estimate of drug-likeness (QED) is 0.839. The SMILES string of the molecule is CC(CN)(C1CC1)N1CCc2ccccc21. The first kappa shape index (κ1) is 10.2. The predicted octanol–water partition coefficient (Wildman–Crippen LogP) is 2.18. The third-order valence-corrected chi connectivity index (χ3v) is 4.37. The van der Waals surface area contributed by atoms with Crippen LogP contribution in [0.1, 0.15) is 25.3 Å². The normalized spacial score (nSPS) is 23.0. The van der Waals surface area contributed by atoms with E-state index in [1.165, 1.54) is 30.5 Å². The molecule has 2 nitrogen and oxygen atoms in total. The molecule has 1 fully saturated rings. The highest BCUT2D eigenvalue weighted by atomic mass is 15.2. The zero-order chi connectivity index (χ0) is 11.2. The molecule has 1 aromatic rings. The number of benzene rings is 1. The van der Waals surface area contributed by atoms with E-state index in [9.17, 15) is 0 Å². The number of hydrogen-bond donors (Lipinski definition) is 1. The fourth-order valence-corrected chi connectivity index (χ4v) is 3.07. The van der Waals surface area contributed by atoms with Crippen molar-refractivity contribution in [2.45, 2.75) is 31.7 Å². The summed E-state index contributed by atoms with van der Waals surface area (Å²) in [6.07, 6.45) is 3.89. The number of nitrogens with zero attached hydrogens (tertiary/aromatic N) is 1. The molecule has 1 heterocycles. The molecule has 0 amide bonds. The van der Waals surface area contributed by atoms with Crippen LogP contribution in [0.5, 0.6) is 0 Å². The summed E-state index contributed by atoms with van der Waals surface area (Å²) in [5.74, 6) is 0.809. The van der Waals surface area contributed by atoms with Crippen LogP contribution in [0.15, 0.2) is 24.3 Å². The lowest BCUT2D eigenvalue weighted by Gasteiger charge is -2.40. The Bertz CT molecular complexity index is 397. The molecule has 1 atom stereocenters. The summed E-state index contributed by atoms with van der Waals surface area (Å²) in [5, 5.41) is 0. The van der Waals surface area contributed by atoms with Crippen molar-refractivity contribution in [3.05, 3.63) is 29.8 Å². The minimum atomic E-state index is 0.187. The van der Waals surface area contributed by atoms with Crippen molar-refractivity contribution in [3.63, 3.8) is 0 Å². The zero-order valence-electron chi connectivity index (χ0n) is 9.95. The van der Waals surface area contributed by atoms with E-state index in [0.717, 1.165) is 19.0 Å². The maximum atomic E-state index is 6.04. The van der Waals surface area contributed by atoms with E-state index in [2.05, 4.69) is 36.1 Å². The smallest absolute Gasteiger partial charge is 0.0524 e. The molecule has 0 radical (unpaired) electrons. The summed E-state index contributed by atoms with van der Waals surface area (Å²) in [6.45, 7) is 4.25. The van der Waals surface area contributed by atoms with Gasteiger partial charge in [-0.2, -0.15) is 0 Å². The van der Waals surface area contributed by atoms with Gasteiger partial charge in [0.2, 0.25) is 0 Å². The van der Waals surface area contributed by atoms with Gasteiger partial charge in [-0.25, -0.2) is 0 Å². The van der Waals surface area contributed by atoms with Crippen LogP contribution >= 0.6 is 0 Å². The molecular weight excluding hydrogens is 196 g/mol. The van der Waals surface area contributed by atoms with Crippen molar-refractivity contribution in [1.82, 2.24) is 0 Å². The fraction of sp³-hybridized carbons (Fsp3) is 0.571. The molecule has 3 rings (SSSR count). The van der Waals surface area contributed by atoms with Gasteiger partial charge in [0.15, 0.2) is 0 Å². The van der Waals surface area contributed by atoms with Crippen LogP contribution in [0.4, 0.5) is 5.69 Å². The molecule has 1 aliphatic carbocycles. The molecule has 2 aliphatic rings. The van der Waals surface area contributed by atoms with Crippen LogP contribution in [-0.4, -0.2) is 18.6 Å². The second kappa shape index (κ2) is 3.49. The van der Waals surface area contributed by atoms with Crippen molar-refractivity contribution in [3.8, 4) is 0 Å². The number of fused-ring (bicyclic) bond motifs is 1. The summed E-state index contributed by atoms with van der Waals surface area (Å²) >= 11 is 0. The van der Waals surface area contributed by atoms with Gasteiger partial charge in [0.05, 0.1) is 5.54 Å². The van der Waals surface area contributed by atoms with Gasteiger partial charge in [0, 0.05) is 18.8 Å². The Labute approximate surface area is 97.4 Å². The molecule has 0 aromatic heterocycles. The van der Waals surface area contributed by atoms with Crippen molar-refractivity contribution < 1.29 is 0 Å². The Morgan fingerprint density at radius 2 is 2.12 bits per heavy atom. The maximum absolute atomic E-state index is 6.04. The first-order valence-corrected chi connectivity index (χ1v) is 6.31. The molecule has 0 bridgehead atoms. The lowest BCUT2D eigenvalue weighted by atomic mass is 9.93. The van der Waals surface area contributed by atoms with Crippen LogP contribution < -0.4 is 10.6 Å². The van der Waals surface area contributed by atoms with E-state index in [0.29, 0.717) is 0 Å². The second-order valence-corrected chi connectivity index (χ2v) is 5.37. The highest BCUT2D eigenvalue weighted by molar-refractivity contribution is 5.60. The van der Waals surface area contributed by atoms with Crippen LogP contribution in [0.2, 0.25) is 0 Å². The maximum Gasteiger partial charge on any atom is 0.0524 e. The molecule has 86 valence electrons. The zero-order valence-corrected chi connectivity index (χ0v) is 9.95. The molecule has 0 saturated heterocycles. The number of anilines is 1. The average Bonchev–Trinajstić information content (AvgIpc) is 3.08. The van der Waals surface area contributed by atoms with E-state index >= 15 is 0 Å². The van der Waals surface area contributed by atoms with Gasteiger partial charge in [-0.15, -0.1) is 0 Å². The Balaban J connectivity index is 1.96. The molecule has 1 saturated carbocycles. The lowest BCUT2D eigenvalue weighted by molar-refractivity contribution is 0.386. The number of nitrogens with two attached hydrogens (primary N) is 1. The van der Waals surface area contributed by atoms with Crippen molar-refractivity contribution >= 4 is 5.69 Å². The summed E-state index contributed by atoms with van der Waals surface area (Å²) in [7, 11) is 0. The largest absolute Gasteiger partial charge is 0.364 e. The van der Waals surface area contributed by atoms with Gasteiger partial charge in [-0.3, -0.25) is 0 Å². The summed E-state index contributed by atoms with van der Waals surface area (Å²) in [5.41, 5.74) is 9.14. The average molecular weight is 216 g/mol. The van der Waals surface area contributed by atoms with E-state index in [1.54, 1.807) is 0 Å². The Hall–Kier alpha value is -1.02. The van der Waals surface area contributed by atoms with Crippen LogP contribution in [0.3, 0.4) is 0 Å². The van der Waals surface area contributed by atoms with Crippen LogP contribution in [0, 0.1) is 5.92 Å². The highest BCUT2D eigenvalue weighted by Crippen LogP contribution is 2.46. The third-order valence-electron chi connectivity index (χ3n) is 4.37. The number of para-hydroxylation sites is 1. The number of hydrogen-bond acceptors (Lipinski definition) is 2. The van der Waals surface area contributed by atoms with Gasteiger partial charge >= 0.3 is 0 Å². The lowest BCUT2D eigenvalue weighted by Crippen LogP contribution is -2.53. The molecule has 2 heteroatoms. The van der Waals surface area contributed by atoms with Gasteiger partial charge in [-0.1, -0.05) is 18.2 Å². The molecular formula is C14H20N2. The van der Waals surface area contributed by atoms with Crippen molar-refractivity contribution in [2.75, 3.05) is 18.0 Å². The van der Waals surface area contributed by atoms with Gasteiger partial charge < -0.3 is 10.6 Å². The number of rotatable bonds is 3.